The Morgan fingerprint density at radius 1 is 0.921 bits per heavy atom. The van der Waals surface area contributed by atoms with E-state index in [1.807, 2.05) is 49.1 Å². The molecule has 3 aromatic rings. The third kappa shape index (κ3) is 6.72. The van der Waals surface area contributed by atoms with Crippen molar-refractivity contribution in [2.75, 3.05) is 67.6 Å². The zero-order valence-corrected chi connectivity index (χ0v) is 22.2. The van der Waals surface area contributed by atoms with E-state index in [4.69, 9.17) is 14.5 Å². The van der Waals surface area contributed by atoms with Crippen LogP contribution in [0.5, 0.6) is 5.75 Å². The van der Waals surface area contributed by atoms with Crippen molar-refractivity contribution in [2.24, 2.45) is 0 Å². The Bertz CT molecular complexity index is 1190. The summed E-state index contributed by atoms with van der Waals surface area (Å²) in [5.74, 6) is 2.39. The quantitative estimate of drug-likeness (QED) is 0.485. The van der Waals surface area contributed by atoms with E-state index in [1.165, 1.54) is 5.69 Å². The Kier molecular flexibility index (Phi) is 8.23. The summed E-state index contributed by atoms with van der Waals surface area (Å²) >= 11 is 0. The third-order valence-corrected chi connectivity index (χ3v) is 6.75. The van der Waals surface area contributed by atoms with Crippen LogP contribution in [-0.4, -0.2) is 79.4 Å². The Hall–Kier alpha value is -3.85. The van der Waals surface area contributed by atoms with Gasteiger partial charge in [0, 0.05) is 56.8 Å². The fraction of sp³-hybridized carbons (Fsp3) is 0.414. The average molecular weight is 517 g/mol. The van der Waals surface area contributed by atoms with E-state index in [-0.39, 0.29) is 12.0 Å². The highest BCUT2D eigenvalue weighted by molar-refractivity contribution is 5.79. The van der Waals surface area contributed by atoms with E-state index >= 15 is 0 Å². The topological polar surface area (TPSA) is 83.1 Å². The fourth-order valence-electron chi connectivity index (χ4n) is 4.72. The summed E-state index contributed by atoms with van der Waals surface area (Å²) in [7, 11) is 0. The number of anilines is 4. The lowest BCUT2D eigenvalue weighted by Crippen LogP contribution is -2.49. The van der Waals surface area contributed by atoms with E-state index in [1.54, 1.807) is 6.20 Å². The normalized spacial score (nSPS) is 16.0. The molecular weight excluding hydrogens is 480 g/mol. The summed E-state index contributed by atoms with van der Waals surface area (Å²) in [6.45, 7) is 10.2. The van der Waals surface area contributed by atoms with E-state index in [0.717, 1.165) is 62.2 Å². The number of nitrogens with one attached hydrogen (secondary N) is 1. The lowest BCUT2D eigenvalue weighted by molar-refractivity contribution is -0.130. The Labute approximate surface area is 224 Å². The van der Waals surface area contributed by atoms with Gasteiger partial charge in [-0.05, 0) is 61.9 Å². The van der Waals surface area contributed by atoms with Gasteiger partial charge in [-0.25, -0.2) is 4.98 Å². The van der Waals surface area contributed by atoms with Crippen molar-refractivity contribution in [3.05, 3.63) is 66.4 Å². The van der Waals surface area contributed by atoms with Gasteiger partial charge in [0.05, 0.1) is 25.7 Å². The average Bonchev–Trinajstić information content (AvgIpc) is 2.95. The van der Waals surface area contributed by atoms with Crippen LogP contribution in [0.1, 0.15) is 19.4 Å². The molecule has 1 N–H and O–H groups in total. The van der Waals surface area contributed by atoms with Crippen LogP contribution in [-0.2, 0) is 16.0 Å². The molecule has 200 valence electrons. The molecule has 0 atom stereocenters. The molecule has 2 saturated heterocycles. The van der Waals surface area contributed by atoms with Gasteiger partial charge in [-0.3, -0.25) is 4.79 Å². The fourth-order valence-corrected chi connectivity index (χ4v) is 4.72. The van der Waals surface area contributed by atoms with Gasteiger partial charge >= 0.3 is 0 Å². The molecule has 1 aromatic heterocycles. The molecule has 2 aromatic carbocycles. The van der Waals surface area contributed by atoms with Gasteiger partial charge in [-0.15, -0.1) is 0 Å². The van der Waals surface area contributed by atoms with Crippen LogP contribution in [0.15, 0.2) is 60.8 Å². The van der Waals surface area contributed by atoms with E-state index in [0.29, 0.717) is 25.5 Å². The smallest absolute Gasteiger partial charge is 0.229 e. The number of hydrogen-bond donors (Lipinski definition) is 1. The van der Waals surface area contributed by atoms with Crippen molar-refractivity contribution in [1.82, 2.24) is 14.9 Å². The SMILES string of the molecule is CC(C)Oc1ccc(CC(=O)N2CCN(c3ccnc(Nc4ccc(N5CCOCC5)cc4)n3)CC2)cc1. The Morgan fingerprint density at radius 2 is 1.63 bits per heavy atom. The second-order valence-electron chi connectivity index (χ2n) is 9.86. The van der Waals surface area contributed by atoms with Crippen LogP contribution < -0.4 is 19.9 Å². The minimum Gasteiger partial charge on any atom is -0.491 e. The maximum atomic E-state index is 12.9. The van der Waals surface area contributed by atoms with Crippen LogP contribution in [0.3, 0.4) is 0 Å². The zero-order valence-electron chi connectivity index (χ0n) is 22.2. The molecule has 0 unspecified atom stereocenters. The highest BCUT2D eigenvalue weighted by atomic mass is 16.5. The maximum Gasteiger partial charge on any atom is 0.229 e. The van der Waals surface area contributed by atoms with Crippen LogP contribution in [0.4, 0.5) is 23.1 Å². The zero-order chi connectivity index (χ0) is 26.3. The highest BCUT2D eigenvalue weighted by Gasteiger charge is 2.22. The number of aromatic nitrogens is 2. The number of benzene rings is 2. The molecular formula is C29H36N6O3. The van der Waals surface area contributed by atoms with Gasteiger partial charge in [0.25, 0.3) is 0 Å². The van der Waals surface area contributed by atoms with Crippen molar-refractivity contribution in [3.8, 4) is 5.75 Å². The Balaban J connectivity index is 1.12. The van der Waals surface area contributed by atoms with E-state index in [9.17, 15) is 4.79 Å². The first-order valence-electron chi connectivity index (χ1n) is 13.3. The largest absolute Gasteiger partial charge is 0.491 e. The van der Waals surface area contributed by atoms with Crippen molar-refractivity contribution >= 4 is 29.0 Å². The minimum absolute atomic E-state index is 0.132. The first-order chi connectivity index (χ1) is 18.5. The highest BCUT2D eigenvalue weighted by Crippen LogP contribution is 2.22. The van der Waals surface area contributed by atoms with E-state index in [2.05, 4.69) is 44.4 Å². The van der Waals surface area contributed by atoms with Crippen LogP contribution in [0.2, 0.25) is 0 Å². The molecule has 0 radical (unpaired) electrons. The van der Waals surface area contributed by atoms with Crippen LogP contribution >= 0.6 is 0 Å². The molecule has 0 aliphatic carbocycles. The predicted molar refractivity (Wildman–Crippen MR) is 149 cm³/mol. The molecule has 9 heteroatoms. The molecule has 1 amide bonds. The number of hydrogen-bond acceptors (Lipinski definition) is 8. The van der Waals surface area contributed by atoms with Crippen molar-refractivity contribution in [1.29, 1.82) is 0 Å². The molecule has 0 saturated carbocycles. The lowest BCUT2D eigenvalue weighted by atomic mass is 10.1. The minimum atomic E-state index is 0.132. The predicted octanol–water partition coefficient (Wildman–Crippen LogP) is 3.74. The van der Waals surface area contributed by atoms with Gasteiger partial charge in [-0.1, -0.05) is 12.1 Å². The molecule has 5 rings (SSSR count). The molecule has 38 heavy (non-hydrogen) atoms. The first-order valence-corrected chi connectivity index (χ1v) is 13.3. The molecule has 2 aliphatic rings. The number of piperazine rings is 1. The van der Waals surface area contributed by atoms with Crippen LogP contribution in [0, 0.1) is 0 Å². The van der Waals surface area contributed by atoms with Crippen molar-refractivity contribution in [3.63, 3.8) is 0 Å². The van der Waals surface area contributed by atoms with Crippen molar-refractivity contribution < 1.29 is 14.3 Å². The molecule has 0 bridgehead atoms. The first kappa shape index (κ1) is 25.8. The molecule has 2 aliphatic heterocycles. The summed E-state index contributed by atoms with van der Waals surface area (Å²) in [5, 5.41) is 3.32. The molecule has 2 fully saturated rings. The maximum absolute atomic E-state index is 12.9. The number of rotatable bonds is 8. The number of nitrogens with zero attached hydrogens (tertiary/aromatic N) is 5. The summed E-state index contributed by atoms with van der Waals surface area (Å²) in [6.07, 6.45) is 2.30. The van der Waals surface area contributed by atoms with Crippen molar-refractivity contribution in [2.45, 2.75) is 26.4 Å². The summed E-state index contributed by atoms with van der Waals surface area (Å²) in [5.41, 5.74) is 3.13. The van der Waals surface area contributed by atoms with Crippen LogP contribution in [0.25, 0.3) is 0 Å². The molecule has 0 spiro atoms. The van der Waals surface area contributed by atoms with Gasteiger partial charge in [0.2, 0.25) is 11.9 Å². The third-order valence-electron chi connectivity index (χ3n) is 6.75. The second kappa shape index (κ2) is 12.1. The van der Waals surface area contributed by atoms with Gasteiger partial charge in [0.15, 0.2) is 0 Å². The number of ether oxygens (including phenoxy) is 2. The summed E-state index contributed by atoms with van der Waals surface area (Å²) in [4.78, 5) is 28.5. The molecule has 3 heterocycles. The number of amides is 1. The van der Waals surface area contributed by atoms with Gasteiger partial charge in [-0.2, -0.15) is 4.98 Å². The number of carbonyl (C=O) groups excluding carboxylic acids is 1. The Morgan fingerprint density at radius 3 is 2.32 bits per heavy atom. The standard InChI is InChI=1S/C29H36N6O3/c1-22(2)38-26-9-3-23(4-10-26)21-28(36)35-15-13-34(14-16-35)27-11-12-30-29(32-27)31-24-5-7-25(8-6-24)33-17-19-37-20-18-33/h3-12,22H,13-21H2,1-2H3,(H,30,31,32). The second-order valence-corrected chi connectivity index (χ2v) is 9.86. The summed E-state index contributed by atoms with van der Waals surface area (Å²) in [6, 6.07) is 18.1. The van der Waals surface area contributed by atoms with Gasteiger partial charge < -0.3 is 29.5 Å². The summed E-state index contributed by atoms with van der Waals surface area (Å²) < 4.78 is 11.1. The number of morpholine rings is 1. The molecule has 9 nitrogen and oxygen atoms in total. The van der Waals surface area contributed by atoms with E-state index < -0.39 is 0 Å². The van der Waals surface area contributed by atoms with Gasteiger partial charge in [0.1, 0.15) is 11.6 Å². The number of carbonyl (C=O) groups is 1. The lowest BCUT2D eigenvalue weighted by Gasteiger charge is -2.35. The monoisotopic (exact) mass is 516 g/mol.